The lowest BCUT2D eigenvalue weighted by molar-refractivity contribution is -0.118. The molecule has 4 heteroatoms. The van der Waals surface area contributed by atoms with Crippen LogP contribution in [0.2, 0.25) is 0 Å². The van der Waals surface area contributed by atoms with E-state index in [1.165, 1.54) is 37.7 Å². The van der Waals surface area contributed by atoms with E-state index in [0.717, 1.165) is 11.4 Å². The molecular weight excluding hydrogens is 312 g/mol. The average Bonchev–Trinajstić information content (AvgIpc) is 2.64. The van der Waals surface area contributed by atoms with Crippen molar-refractivity contribution in [1.82, 2.24) is 0 Å². The number of hydrogen-bond acceptors (Lipinski definition) is 3. The van der Waals surface area contributed by atoms with Crippen LogP contribution >= 0.6 is 0 Å². The van der Waals surface area contributed by atoms with Crippen LogP contribution in [0.15, 0.2) is 48.5 Å². The maximum Gasteiger partial charge on any atom is 0.262 e. The molecule has 0 bridgehead atoms. The first-order valence-corrected chi connectivity index (χ1v) is 9.05. The van der Waals surface area contributed by atoms with E-state index in [-0.39, 0.29) is 12.5 Å². The molecule has 0 radical (unpaired) electrons. The quantitative estimate of drug-likeness (QED) is 0.798. The highest BCUT2D eigenvalue weighted by molar-refractivity contribution is 5.92. The molecule has 2 aromatic carbocycles. The summed E-state index contributed by atoms with van der Waals surface area (Å²) in [6.45, 7) is 2.02. The summed E-state index contributed by atoms with van der Waals surface area (Å²) >= 11 is 0. The Hall–Kier alpha value is -2.49. The van der Waals surface area contributed by atoms with Crippen LogP contribution in [-0.2, 0) is 4.79 Å². The van der Waals surface area contributed by atoms with Crippen molar-refractivity contribution in [1.29, 1.82) is 0 Å². The van der Waals surface area contributed by atoms with Gasteiger partial charge in [0.1, 0.15) is 5.75 Å². The molecule has 4 nitrogen and oxygen atoms in total. The maximum absolute atomic E-state index is 12.0. The summed E-state index contributed by atoms with van der Waals surface area (Å²) in [5.41, 5.74) is 3.06. The Morgan fingerprint density at radius 2 is 1.60 bits per heavy atom. The number of anilines is 2. The van der Waals surface area contributed by atoms with Gasteiger partial charge in [0, 0.05) is 17.4 Å². The van der Waals surface area contributed by atoms with E-state index >= 15 is 0 Å². The summed E-state index contributed by atoms with van der Waals surface area (Å²) in [5.74, 6) is 0.543. The second-order valence-electron chi connectivity index (χ2n) is 6.71. The molecule has 0 saturated heterocycles. The van der Waals surface area contributed by atoms with Crippen LogP contribution in [-0.4, -0.2) is 18.6 Å². The molecule has 0 spiro atoms. The number of aryl methyl sites for hydroxylation is 1. The van der Waals surface area contributed by atoms with Gasteiger partial charge in [0.05, 0.1) is 0 Å². The normalized spacial score (nSPS) is 14.8. The number of rotatable bonds is 6. The van der Waals surface area contributed by atoms with Gasteiger partial charge in [-0.25, -0.2) is 0 Å². The van der Waals surface area contributed by atoms with Crippen LogP contribution in [0.25, 0.3) is 0 Å². The van der Waals surface area contributed by atoms with E-state index in [1.54, 1.807) is 0 Å². The van der Waals surface area contributed by atoms with Crippen molar-refractivity contribution in [2.75, 3.05) is 17.2 Å². The fourth-order valence-electron chi connectivity index (χ4n) is 3.11. The summed E-state index contributed by atoms with van der Waals surface area (Å²) in [7, 11) is 0. The number of hydrogen-bond donors (Lipinski definition) is 2. The maximum atomic E-state index is 12.0. The number of ether oxygens (including phenoxy) is 1. The van der Waals surface area contributed by atoms with Crippen LogP contribution in [0.4, 0.5) is 11.4 Å². The molecule has 1 aliphatic carbocycles. The zero-order valence-electron chi connectivity index (χ0n) is 14.8. The fraction of sp³-hybridized carbons (Fsp3) is 0.381. The molecular formula is C21H26N2O2. The van der Waals surface area contributed by atoms with Crippen LogP contribution in [0.1, 0.15) is 37.7 Å². The van der Waals surface area contributed by atoms with Crippen molar-refractivity contribution < 1.29 is 9.53 Å². The minimum absolute atomic E-state index is 0.00510. The van der Waals surface area contributed by atoms with Crippen molar-refractivity contribution in [3.63, 3.8) is 0 Å². The average molecular weight is 338 g/mol. The monoisotopic (exact) mass is 338 g/mol. The zero-order chi connectivity index (χ0) is 17.5. The van der Waals surface area contributed by atoms with Crippen molar-refractivity contribution >= 4 is 17.3 Å². The Kier molecular flexibility index (Phi) is 5.94. The first-order valence-electron chi connectivity index (χ1n) is 9.05. The van der Waals surface area contributed by atoms with Gasteiger partial charge in [0.25, 0.3) is 5.91 Å². The van der Waals surface area contributed by atoms with Crippen molar-refractivity contribution in [2.45, 2.75) is 45.1 Å². The third kappa shape index (κ3) is 5.52. The van der Waals surface area contributed by atoms with E-state index in [4.69, 9.17) is 4.74 Å². The van der Waals surface area contributed by atoms with Crippen LogP contribution in [0.5, 0.6) is 5.75 Å². The van der Waals surface area contributed by atoms with E-state index in [9.17, 15) is 4.79 Å². The first kappa shape index (κ1) is 17.3. The predicted octanol–water partition coefficient (Wildman–Crippen LogP) is 4.76. The molecule has 0 atom stereocenters. The Balaban J connectivity index is 1.45. The summed E-state index contributed by atoms with van der Waals surface area (Å²) < 4.78 is 5.49. The first-order chi connectivity index (χ1) is 12.2. The van der Waals surface area contributed by atoms with Crippen molar-refractivity contribution in [3.05, 3.63) is 54.1 Å². The van der Waals surface area contributed by atoms with Gasteiger partial charge in [0.15, 0.2) is 6.61 Å². The Bertz CT molecular complexity index is 674. The Morgan fingerprint density at radius 1 is 0.960 bits per heavy atom. The zero-order valence-corrected chi connectivity index (χ0v) is 14.8. The number of nitrogens with one attached hydrogen (secondary N) is 2. The number of benzene rings is 2. The highest BCUT2D eigenvalue weighted by Crippen LogP contribution is 2.22. The molecule has 0 heterocycles. The summed E-state index contributed by atoms with van der Waals surface area (Å²) in [6.07, 6.45) is 6.47. The Morgan fingerprint density at radius 3 is 2.28 bits per heavy atom. The SMILES string of the molecule is Cc1ccc(OCC(=O)Nc2ccc(NC3CCCCC3)cc2)cc1. The summed E-state index contributed by atoms with van der Waals surface area (Å²) in [6, 6.07) is 16.1. The largest absolute Gasteiger partial charge is 0.484 e. The second kappa shape index (κ2) is 8.56. The topological polar surface area (TPSA) is 50.4 Å². The summed E-state index contributed by atoms with van der Waals surface area (Å²) in [4.78, 5) is 12.0. The van der Waals surface area contributed by atoms with Gasteiger partial charge in [-0.3, -0.25) is 4.79 Å². The minimum atomic E-state index is -0.159. The molecule has 1 saturated carbocycles. The van der Waals surface area contributed by atoms with Crippen LogP contribution < -0.4 is 15.4 Å². The van der Waals surface area contributed by atoms with Crippen LogP contribution in [0, 0.1) is 6.92 Å². The predicted molar refractivity (Wildman–Crippen MR) is 102 cm³/mol. The molecule has 0 unspecified atom stereocenters. The molecule has 1 amide bonds. The Labute approximate surface area is 149 Å². The molecule has 2 N–H and O–H groups in total. The standard InChI is InChI=1S/C21H26N2O2/c1-16-7-13-20(14-8-16)25-15-21(24)23-19-11-9-18(10-12-19)22-17-5-3-2-4-6-17/h7-14,17,22H,2-6,15H2,1H3,(H,23,24). The van der Waals surface area contributed by atoms with Gasteiger partial charge in [-0.05, 0) is 56.2 Å². The molecule has 132 valence electrons. The molecule has 25 heavy (non-hydrogen) atoms. The van der Waals surface area contributed by atoms with E-state index < -0.39 is 0 Å². The van der Waals surface area contributed by atoms with E-state index in [2.05, 4.69) is 10.6 Å². The molecule has 0 aliphatic heterocycles. The highest BCUT2D eigenvalue weighted by atomic mass is 16.5. The summed E-state index contributed by atoms with van der Waals surface area (Å²) in [5, 5.41) is 6.44. The molecule has 2 aromatic rings. The molecule has 1 aliphatic rings. The lowest BCUT2D eigenvalue weighted by Crippen LogP contribution is -2.22. The van der Waals surface area contributed by atoms with Gasteiger partial charge in [-0.1, -0.05) is 37.0 Å². The second-order valence-corrected chi connectivity index (χ2v) is 6.71. The highest BCUT2D eigenvalue weighted by Gasteiger charge is 2.12. The third-order valence-electron chi connectivity index (χ3n) is 4.54. The van der Waals surface area contributed by atoms with E-state index in [1.807, 2.05) is 55.5 Å². The van der Waals surface area contributed by atoms with Gasteiger partial charge in [-0.15, -0.1) is 0 Å². The fourth-order valence-corrected chi connectivity index (χ4v) is 3.11. The smallest absolute Gasteiger partial charge is 0.262 e. The lowest BCUT2D eigenvalue weighted by atomic mass is 9.95. The van der Waals surface area contributed by atoms with E-state index in [0.29, 0.717) is 11.8 Å². The number of carbonyl (C=O) groups is 1. The number of carbonyl (C=O) groups excluding carboxylic acids is 1. The minimum Gasteiger partial charge on any atom is -0.484 e. The van der Waals surface area contributed by atoms with Crippen molar-refractivity contribution in [2.24, 2.45) is 0 Å². The van der Waals surface area contributed by atoms with Gasteiger partial charge in [-0.2, -0.15) is 0 Å². The molecule has 1 fully saturated rings. The van der Waals surface area contributed by atoms with Gasteiger partial charge >= 0.3 is 0 Å². The molecule has 0 aromatic heterocycles. The van der Waals surface area contributed by atoms with Crippen molar-refractivity contribution in [3.8, 4) is 5.75 Å². The van der Waals surface area contributed by atoms with Gasteiger partial charge < -0.3 is 15.4 Å². The lowest BCUT2D eigenvalue weighted by Gasteiger charge is -2.23. The van der Waals surface area contributed by atoms with Gasteiger partial charge in [0.2, 0.25) is 0 Å². The third-order valence-corrected chi connectivity index (χ3v) is 4.54. The molecule has 3 rings (SSSR count). The number of amides is 1. The van der Waals surface area contributed by atoms with Crippen LogP contribution in [0.3, 0.4) is 0 Å².